The lowest BCUT2D eigenvalue weighted by Crippen LogP contribution is -2.50. The normalized spacial score (nSPS) is 20.1. The summed E-state index contributed by atoms with van der Waals surface area (Å²) in [4.78, 5) is 15.5. The van der Waals surface area contributed by atoms with E-state index in [1.807, 2.05) is 25.1 Å². The maximum Gasteiger partial charge on any atom is 0.251 e. The van der Waals surface area contributed by atoms with Crippen molar-refractivity contribution in [3.63, 3.8) is 0 Å². The lowest BCUT2D eigenvalue weighted by atomic mass is 10.0. The van der Waals surface area contributed by atoms with E-state index in [1.165, 1.54) is 11.9 Å². The molecule has 32 heavy (non-hydrogen) atoms. The number of rotatable bonds is 6. The molecular weight excluding hydrogens is 404 g/mol. The van der Waals surface area contributed by atoms with Crippen molar-refractivity contribution in [2.45, 2.75) is 45.9 Å². The number of amides is 1. The molecule has 1 N–H and O–H groups in total. The molecule has 1 aromatic heterocycles. The van der Waals surface area contributed by atoms with Gasteiger partial charge in [-0.3, -0.25) is 9.69 Å². The van der Waals surface area contributed by atoms with Crippen LogP contribution in [-0.2, 0) is 4.74 Å². The molecule has 2 unspecified atom stereocenters. The fourth-order valence-corrected chi connectivity index (χ4v) is 4.24. The molecule has 168 valence electrons. The summed E-state index contributed by atoms with van der Waals surface area (Å²) < 4.78 is 7.38. The predicted molar refractivity (Wildman–Crippen MR) is 123 cm³/mol. The van der Waals surface area contributed by atoms with E-state index < -0.39 is 0 Å². The average molecular weight is 435 g/mol. The fourth-order valence-electron chi connectivity index (χ4n) is 4.24. The van der Waals surface area contributed by atoms with Gasteiger partial charge in [0.05, 0.1) is 17.9 Å². The highest BCUT2D eigenvalue weighted by molar-refractivity contribution is 5.96. The molecule has 1 aliphatic rings. The smallest absolute Gasteiger partial charge is 0.251 e. The van der Waals surface area contributed by atoms with E-state index in [9.17, 15) is 4.79 Å². The highest BCUT2D eigenvalue weighted by Gasteiger charge is 2.24. The van der Waals surface area contributed by atoms with Crippen LogP contribution in [0.5, 0.6) is 0 Å². The van der Waals surface area contributed by atoms with E-state index in [2.05, 4.69) is 70.8 Å². The molecule has 1 saturated heterocycles. The van der Waals surface area contributed by atoms with Gasteiger partial charge in [0.25, 0.3) is 5.91 Å². The van der Waals surface area contributed by atoms with Crippen molar-refractivity contribution < 1.29 is 9.53 Å². The number of ether oxygens (including phenoxy) is 1. The highest BCUT2D eigenvalue weighted by atomic mass is 16.5. The Balaban J connectivity index is 1.55. The summed E-state index contributed by atoms with van der Waals surface area (Å²) in [5.74, 6) is -0.116. The molecule has 4 rings (SSSR count). The van der Waals surface area contributed by atoms with Gasteiger partial charge in [-0.15, -0.1) is 5.10 Å². The van der Waals surface area contributed by atoms with Crippen molar-refractivity contribution in [2.24, 2.45) is 0 Å². The van der Waals surface area contributed by atoms with Crippen LogP contribution in [-0.4, -0.2) is 68.9 Å². The number of hydrogen-bond acceptors (Lipinski definition) is 6. The molecule has 0 radical (unpaired) electrons. The summed E-state index contributed by atoms with van der Waals surface area (Å²) in [6.45, 7) is 10.8. The molecule has 1 fully saturated rings. The minimum atomic E-state index is -0.116. The molecule has 3 atom stereocenters. The zero-order valence-corrected chi connectivity index (χ0v) is 19.0. The Morgan fingerprint density at radius 1 is 1.12 bits per heavy atom. The van der Waals surface area contributed by atoms with Gasteiger partial charge in [0.2, 0.25) is 0 Å². The van der Waals surface area contributed by atoms with Gasteiger partial charge < -0.3 is 10.1 Å². The van der Waals surface area contributed by atoms with Gasteiger partial charge in [-0.25, -0.2) is 4.68 Å². The van der Waals surface area contributed by atoms with Gasteiger partial charge in [0, 0.05) is 31.2 Å². The van der Waals surface area contributed by atoms with Gasteiger partial charge in [0.15, 0.2) is 0 Å². The number of hydrogen-bond donors (Lipinski definition) is 1. The number of nitrogens with one attached hydrogen (secondary N) is 1. The molecule has 0 saturated carbocycles. The van der Waals surface area contributed by atoms with E-state index in [0.29, 0.717) is 5.56 Å². The van der Waals surface area contributed by atoms with Crippen LogP contribution in [0.15, 0.2) is 48.8 Å². The van der Waals surface area contributed by atoms with E-state index in [1.54, 1.807) is 4.68 Å². The van der Waals surface area contributed by atoms with E-state index >= 15 is 0 Å². The monoisotopic (exact) mass is 434 g/mol. The number of nitrogens with zero attached hydrogens (tertiary/aromatic N) is 5. The van der Waals surface area contributed by atoms with Gasteiger partial charge in [0.1, 0.15) is 6.33 Å². The summed E-state index contributed by atoms with van der Waals surface area (Å²) in [5, 5.41) is 14.6. The first kappa shape index (κ1) is 22.1. The van der Waals surface area contributed by atoms with Crippen LogP contribution in [0.25, 0.3) is 16.8 Å². The van der Waals surface area contributed by atoms with Gasteiger partial charge in [-0.2, -0.15) is 0 Å². The molecule has 2 aromatic carbocycles. The van der Waals surface area contributed by atoms with Gasteiger partial charge in [-0.1, -0.05) is 29.8 Å². The van der Waals surface area contributed by atoms with Crippen LogP contribution in [0.3, 0.4) is 0 Å². The lowest BCUT2D eigenvalue weighted by Gasteiger charge is -2.36. The van der Waals surface area contributed by atoms with Crippen LogP contribution in [0.4, 0.5) is 0 Å². The molecule has 0 spiro atoms. The maximum atomic E-state index is 13.2. The molecule has 8 nitrogen and oxygen atoms in total. The van der Waals surface area contributed by atoms with E-state index in [0.717, 1.165) is 36.4 Å². The second-order valence-corrected chi connectivity index (χ2v) is 8.74. The van der Waals surface area contributed by atoms with Crippen LogP contribution in [0.2, 0.25) is 0 Å². The number of carbonyl (C=O) groups excluding carboxylic acids is 1. The maximum absolute atomic E-state index is 13.2. The third-order valence-corrected chi connectivity index (χ3v) is 5.58. The Bertz CT molecular complexity index is 1040. The standard InChI is InChI=1S/C24H30N6O2/c1-16-5-7-20(8-6-16)21-9-22(11-23(10-21)30-15-25-27-28-30)24(31)26-17(2)12-29-13-18(3)32-19(4)14-29/h5-11,15,17-19H,12-14H2,1-4H3,(H,26,31)/t17?,18-,19?/m1/s1. The average Bonchev–Trinajstić information content (AvgIpc) is 3.28. The van der Waals surface area contributed by atoms with Crippen LogP contribution in [0.1, 0.15) is 36.7 Å². The second kappa shape index (κ2) is 9.58. The van der Waals surface area contributed by atoms with E-state index in [4.69, 9.17) is 4.74 Å². The number of tetrazole rings is 1. The highest BCUT2D eigenvalue weighted by Crippen LogP contribution is 2.24. The molecule has 2 heterocycles. The SMILES string of the molecule is Cc1ccc(-c2cc(C(=O)NC(C)CN3CC(C)O[C@H](C)C3)cc(-n3cnnn3)c2)cc1. The Labute approximate surface area is 188 Å². The minimum Gasteiger partial charge on any atom is -0.373 e. The summed E-state index contributed by atoms with van der Waals surface area (Å²) in [5.41, 5.74) is 4.46. The quantitative estimate of drug-likeness (QED) is 0.642. The van der Waals surface area contributed by atoms with Crippen molar-refractivity contribution in [3.8, 4) is 16.8 Å². The minimum absolute atomic E-state index is 0.000447. The predicted octanol–water partition coefficient (Wildman–Crippen LogP) is 2.87. The van der Waals surface area contributed by atoms with Crippen molar-refractivity contribution in [1.29, 1.82) is 0 Å². The van der Waals surface area contributed by atoms with Crippen molar-refractivity contribution in [3.05, 3.63) is 59.9 Å². The Morgan fingerprint density at radius 2 is 1.84 bits per heavy atom. The van der Waals surface area contributed by atoms with Crippen molar-refractivity contribution in [2.75, 3.05) is 19.6 Å². The number of morpholine rings is 1. The number of aromatic nitrogens is 4. The van der Waals surface area contributed by atoms with Crippen molar-refractivity contribution in [1.82, 2.24) is 30.4 Å². The molecule has 1 amide bonds. The first-order chi connectivity index (χ1) is 15.4. The fraction of sp³-hybridized carbons (Fsp3) is 0.417. The molecule has 0 bridgehead atoms. The second-order valence-electron chi connectivity index (χ2n) is 8.74. The number of benzene rings is 2. The zero-order chi connectivity index (χ0) is 22.7. The first-order valence-electron chi connectivity index (χ1n) is 11.0. The van der Waals surface area contributed by atoms with Gasteiger partial charge in [-0.05, 0) is 67.4 Å². The van der Waals surface area contributed by atoms with Crippen LogP contribution >= 0.6 is 0 Å². The summed E-state index contributed by atoms with van der Waals surface area (Å²) >= 11 is 0. The number of aryl methyl sites for hydroxylation is 1. The lowest BCUT2D eigenvalue weighted by molar-refractivity contribution is -0.0692. The zero-order valence-electron chi connectivity index (χ0n) is 19.0. The molecule has 3 aromatic rings. The van der Waals surface area contributed by atoms with Crippen LogP contribution < -0.4 is 5.32 Å². The third-order valence-electron chi connectivity index (χ3n) is 5.58. The topological polar surface area (TPSA) is 85.2 Å². The van der Waals surface area contributed by atoms with E-state index in [-0.39, 0.29) is 24.2 Å². The third kappa shape index (κ3) is 5.38. The van der Waals surface area contributed by atoms with Crippen LogP contribution in [0, 0.1) is 6.92 Å². The first-order valence-corrected chi connectivity index (χ1v) is 11.0. The molecule has 1 aliphatic heterocycles. The summed E-state index contributed by atoms with van der Waals surface area (Å²) in [7, 11) is 0. The Morgan fingerprint density at radius 3 is 2.50 bits per heavy atom. The van der Waals surface area contributed by atoms with Gasteiger partial charge >= 0.3 is 0 Å². The van der Waals surface area contributed by atoms with Crippen molar-refractivity contribution >= 4 is 5.91 Å². The molecule has 0 aliphatic carbocycles. The summed E-state index contributed by atoms with van der Waals surface area (Å²) in [6, 6.07) is 13.9. The molecule has 8 heteroatoms. The number of carbonyl (C=O) groups is 1. The summed E-state index contributed by atoms with van der Waals surface area (Å²) in [6.07, 6.45) is 1.93. The largest absolute Gasteiger partial charge is 0.373 e. The Kier molecular flexibility index (Phi) is 6.62. The Hall–Kier alpha value is -3.10. The molecular formula is C24H30N6O2.